The molecule has 23 heavy (non-hydrogen) atoms. The Morgan fingerprint density at radius 2 is 2.30 bits per heavy atom. The van der Waals surface area contributed by atoms with Crippen molar-refractivity contribution in [3.05, 3.63) is 33.7 Å². The molecular formula is C16H22N4O2S. The summed E-state index contributed by atoms with van der Waals surface area (Å²) in [5.74, 6) is 1.87. The van der Waals surface area contributed by atoms with Gasteiger partial charge in [-0.15, -0.1) is 11.3 Å². The van der Waals surface area contributed by atoms with Gasteiger partial charge in [0.2, 0.25) is 0 Å². The Hall–Kier alpha value is -1.57. The second-order valence-corrected chi connectivity index (χ2v) is 6.47. The molecule has 0 aliphatic carbocycles. The summed E-state index contributed by atoms with van der Waals surface area (Å²) in [5, 5.41) is 6.54. The van der Waals surface area contributed by atoms with Crippen LogP contribution in [0.15, 0.2) is 11.4 Å². The fraction of sp³-hybridized carbons (Fsp3) is 0.562. The van der Waals surface area contributed by atoms with E-state index in [9.17, 15) is 0 Å². The molecule has 124 valence electrons. The zero-order chi connectivity index (χ0) is 16.1. The second-order valence-electron chi connectivity index (χ2n) is 5.53. The first-order valence-corrected chi connectivity index (χ1v) is 8.78. The van der Waals surface area contributed by atoms with Gasteiger partial charge in [0, 0.05) is 31.1 Å². The Morgan fingerprint density at radius 1 is 1.39 bits per heavy atom. The largest absolute Gasteiger partial charge is 0.381 e. The van der Waals surface area contributed by atoms with Gasteiger partial charge >= 0.3 is 0 Å². The Balaban J connectivity index is 1.73. The van der Waals surface area contributed by atoms with Crippen LogP contribution < -0.4 is 5.32 Å². The molecule has 3 rings (SSSR count). The molecule has 1 saturated heterocycles. The van der Waals surface area contributed by atoms with Crippen molar-refractivity contribution >= 4 is 17.2 Å². The molecule has 1 N–H and O–H groups in total. The standard InChI is InChI=1S/C16H22N4O2S/c1-3-12-10-23-16(18-12)7-17-14-6-13(11-4-5-22-8-11)19-15(20-14)9-21-2/h6,10-11H,3-5,7-9H2,1-2H3,(H,17,19,20). The highest BCUT2D eigenvalue weighted by atomic mass is 32.1. The average Bonchev–Trinajstić information content (AvgIpc) is 3.24. The quantitative estimate of drug-likeness (QED) is 0.840. The van der Waals surface area contributed by atoms with Crippen LogP contribution in [0.5, 0.6) is 0 Å². The third-order valence-corrected chi connectivity index (χ3v) is 4.69. The highest BCUT2D eigenvalue weighted by Crippen LogP contribution is 2.25. The Morgan fingerprint density at radius 3 is 3.00 bits per heavy atom. The van der Waals surface area contributed by atoms with E-state index in [0.717, 1.165) is 48.3 Å². The molecule has 1 aliphatic rings. The fourth-order valence-electron chi connectivity index (χ4n) is 2.54. The molecule has 0 aromatic carbocycles. The molecule has 0 amide bonds. The van der Waals surface area contributed by atoms with E-state index in [1.807, 2.05) is 6.07 Å². The molecule has 0 spiro atoms. The third-order valence-electron chi connectivity index (χ3n) is 3.80. The molecule has 6 nitrogen and oxygen atoms in total. The number of aromatic nitrogens is 3. The molecule has 1 fully saturated rings. The Labute approximate surface area is 140 Å². The van der Waals surface area contributed by atoms with Gasteiger partial charge < -0.3 is 14.8 Å². The highest BCUT2D eigenvalue weighted by Gasteiger charge is 2.20. The summed E-state index contributed by atoms with van der Waals surface area (Å²) in [5.41, 5.74) is 2.17. The van der Waals surface area contributed by atoms with Crippen molar-refractivity contribution in [3.8, 4) is 0 Å². The minimum atomic E-state index is 0.348. The first kappa shape index (κ1) is 16.3. The van der Waals surface area contributed by atoms with Gasteiger partial charge in [-0.3, -0.25) is 0 Å². The summed E-state index contributed by atoms with van der Waals surface area (Å²) in [7, 11) is 1.66. The van der Waals surface area contributed by atoms with E-state index in [1.54, 1.807) is 18.4 Å². The number of ether oxygens (including phenoxy) is 2. The number of thiazole rings is 1. The minimum absolute atomic E-state index is 0.348. The van der Waals surface area contributed by atoms with Crippen LogP contribution in [0.3, 0.4) is 0 Å². The lowest BCUT2D eigenvalue weighted by molar-refractivity contribution is 0.177. The van der Waals surface area contributed by atoms with Gasteiger partial charge in [0.15, 0.2) is 5.82 Å². The number of methoxy groups -OCH3 is 1. The molecule has 0 radical (unpaired) electrons. The summed E-state index contributed by atoms with van der Waals surface area (Å²) in [6.45, 7) is 4.73. The highest BCUT2D eigenvalue weighted by molar-refractivity contribution is 7.09. The summed E-state index contributed by atoms with van der Waals surface area (Å²) in [4.78, 5) is 13.7. The Bertz CT molecular complexity index is 641. The van der Waals surface area contributed by atoms with Gasteiger partial charge in [-0.2, -0.15) is 0 Å². The van der Waals surface area contributed by atoms with E-state index in [-0.39, 0.29) is 0 Å². The van der Waals surface area contributed by atoms with E-state index < -0.39 is 0 Å². The van der Waals surface area contributed by atoms with Crippen LogP contribution in [0.2, 0.25) is 0 Å². The Kier molecular flexibility index (Phi) is 5.53. The van der Waals surface area contributed by atoms with Crippen LogP contribution >= 0.6 is 11.3 Å². The van der Waals surface area contributed by atoms with Gasteiger partial charge in [-0.25, -0.2) is 15.0 Å². The van der Waals surface area contributed by atoms with Crippen LogP contribution in [0, 0.1) is 0 Å². The molecule has 2 aromatic heterocycles. The molecule has 3 heterocycles. The van der Waals surface area contributed by atoms with Crippen molar-refractivity contribution in [1.82, 2.24) is 15.0 Å². The lowest BCUT2D eigenvalue weighted by Crippen LogP contribution is -2.10. The minimum Gasteiger partial charge on any atom is -0.381 e. The molecule has 1 unspecified atom stereocenters. The molecule has 1 aliphatic heterocycles. The van der Waals surface area contributed by atoms with Crippen molar-refractivity contribution in [2.45, 2.75) is 38.8 Å². The number of nitrogens with zero attached hydrogens (tertiary/aromatic N) is 3. The van der Waals surface area contributed by atoms with Crippen LogP contribution in [0.1, 0.15) is 41.5 Å². The zero-order valence-corrected chi connectivity index (χ0v) is 14.4. The smallest absolute Gasteiger partial charge is 0.156 e. The number of nitrogens with one attached hydrogen (secondary N) is 1. The lowest BCUT2D eigenvalue weighted by atomic mass is 10.0. The van der Waals surface area contributed by atoms with Crippen molar-refractivity contribution in [2.24, 2.45) is 0 Å². The molecule has 0 bridgehead atoms. The fourth-order valence-corrected chi connectivity index (χ4v) is 3.35. The first-order valence-electron chi connectivity index (χ1n) is 7.90. The van der Waals surface area contributed by atoms with Crippen LogP contribution in [0.4, 0.5) is 5.82 Å². The van der Waals surface area contributed by atoms with Gasteiger partial charge in [0.05, 0.1) is 24.5 Å². The predicted octanol–water partition coefficient (Wildman–Crippen LogP) is 2.76. The SMILES string of the molecule is CCc1csc(CNc2cc(C3CCOC3)nc(COC)n2)n1. The third kappa shape index (κ3) is 4.25. The van der Waals surface area contributed by atoms with Crippen LogP contribution in [0.25, 0.3) is 0 Å². The first-order chi connectivity index (χ1) is 11.3. The normalized spacial score (nSPS) is 17.6. The van der Waals surface area contributed by atoms with Crippen molar-refractivity contribution in [1.29, 1.82) is 0 Å². The number of hydrogen-bond donors (Lipinski definition) is 1. The number of hydrogen-bond acceptors (Lipinski definition) is 7. The van der Waals surface area contributed by atoms with Crippen LogP contribution in [-0.4, -0.2) is 35.3 Å². The van der Waals surface area contributed by atoms with Gasteiger partial charge in [0.25, 0.3) is 0 Å². The maximum atomic E-state index is 5.48. The van der Waals surface area contributed by atoms with E-state index in [2.05, 4.69) is 32.6 Å². The molecule has 1 atom stereocenters. The van der Waals surface area contributed by atoms with Gasteiger partial charge in [-0.1, -0.05) is 6.92 Å². The monoisotopic (exact) mass is 334 g/mol. The van der Waals surface area contributed by atoms with Crippen molar-refractivity contribution in [3.63, 3.8) is 0 Å². The lowest BCUT2D eigenvalue weighted by Gasteiger charge is -2.12. The molecule has 7 heteroatoms. The maximum Gasteiger partial charge on any atom is 0.156 e. The van der Waals surface area contributed by atoms with E-state index in [1.165, 1.54) is 0 Å². The summed E-state index contributed by atoms with van der Waals surface area (Å²) in [6, 6.07) is 2.02. The number of aryl methyl sites for hydroxylation is 1. The van der Waals surface area contributed by atoms with Gasteiger partial charge in [0.1, 0.15) is 17.4 Å². The zero-order valence-electron chi connectivity index (χ0n) is 13.5. The van der Waals surface area contributed by atoms with Crippen molar-refractivity contribution < 1.29 is 9.47 Å². The summed E-state index contributed by atoms with van der Waals surface area (Å²) >= 11 is 1.68. The molecular weight excluding hydrogens is 312 g/mol. The molecule has 0 saturated carbocycles. The van der Waals surface area contributed by atoms with E-state index >= 15 is 0 Å². The maximum absolute atomic E-state index is 5.48. The summed E-state index contributed by atoms with van der Waals surface area (Å²) < 4.78 is 10.7. The molecule has 2 aromatic rings. The van der Waals surface area contributed by atoms with E-state index in [0.29, 0.717) is 24.9 Å². The van der Waals surface area contributed by atoms with E-state index in [4.69, 9.17) is 9.47 Å². The predicted molar refractivity (Wildman–Crippen MR) is 89.7 cm³/mol. The summed E-state index contributed by atoms with van der Waals surface area (Å²) in [6.07, 6.45) is 1.98. The topological polar surface area (TPSA) is 69.2 Å². The van der Waals surface area contributed by atoms with Crippen molar-refractivity contribution in [2.75, 3.05) is 25.6 Å². The second kappa shape index (κ2) is 7.81. The van der Waals surface area contributed by atoms with Crippen LogP contribution in [-0.2, 0) is 29.0 Å². The average molecular weight is 334 g/mol. The number of rotatable bonds is 7. The number of anilines is 1. The van der Waals surface area contributed by atoms with Gasteiger partial charge in [-0.05, 0) is 12.8 Å².